The molecule has 18 heavy (non-hydrogen) atoms. The fourth-order valence-corrected chi connectivity index (χ4v) is 2.26. The highest BCUT2D eigenvalue weighted by atomic mass is 35.5. The van der Waals surface area contributed by atoms with Gasteiger partial charge in [-0.2, -0.15) is 0 Å². The summed E-state index contributed by atoms with van der Waals surface area (Å²) in [5.41, 5.74) is 1.96. The van der Waals surface area contributed by atoms with E-state index in [-0.39, 0.29) is 5.91 Å². The molecule has 1 aliphatic rings. The van der Waals surface area contributed by atoms with Crippen molar-refractivity contribution in [3.63, 3.8) is 0 Å². The molecule has 98 valence electrons. The van der Waals surface area contributed by atoms with Gasteiger partial charge < -0.3 is 10.2 Å². The van der Waals surface area contributed by atoms with Gasteiger partial charge in [-0.05, 0) is 44.4 Å². The Balaban J connectivity index is 1.94. The summed E-state index contributed by atoms with van der Waals surface area (Å²) in [6, 6.07) is 6.24. The van der Waals surface area contributed by atoms with Crippen LogP contribution in [0.25, 0.3) is 0 Å². The predicted molar refractivity (Wildman–Crippen MR) is 75.1 cm³/mol. The van der Waals surface area contributed by atoms with Crippen LogP contribution < -0.4 is 5.32 Å². The van der Waals surface area contributed by atoms with Crippen molar-refractivity contribution in [3.8, 4) is 0 Å². The molecule has 0 atom stereocenters. The molecule has 1 fully saturated rings. The number of aryl methyl sites for hydroxylation is 1. The lowest BCUT2D eigenvalue weighted by atomic mass is 10.2. The molecular weight excluding hydrogens is 248 g/mol. The van der Waals surface area contributed by atoms with Crippen LogP contribution in [0.15, 0.2) is 18.2 Å². The lowest BCUT2D eigenvalue weighted by molar-refractivity contribution is -0.129. The molecule has 4 heteroatoms. The van der Waals surface area contributed by atoms with Crippen LogP contribution in [-0.4, -0.2) is 29.9 Å². The first-order chi connectivity index (χ1) is 8.61. The molecule has 1 saturated carbocycles. The number of amides is 1. The van der Waals surface area contributed by atoms with Crippen molar-refractivity contribution < 1.29 is 4.79 Å². The van der Waals surface area contributed by atoms with Crippen molar-refractivity contribution >= 4 is 23.2 Å². The monoisotopic (exact) mass is 266 g/mol. The van der Waals surface area contributed by atoms with Gasteiger partial charge in [0.15, 0.2) is 0 Å². The van der Waals surface area contributed by atoms with Gasteiger partial charge in [0.25, 0.3) is 0 Å². The molecule has 0 saturated heterocycles. The fourth-order valence-electron chi connectivity index (χ4n) is 2.07. The van der Waals surface area contributed by atoms with E-state index in [1.807, 2.05) is 36.9 Å². The Labute approximate surface area is 113 Å². The van der Waals surface area contributed by atoms with E-state index in [1.165, 1.54) is 0 Å². The average Bonchev–Trinajstić information content (AvgIpc) is 3.16. The zero-order chi connectivity index (χ0) is 13.1. The minimum absolute atomic E-state index is 0.151. The highest BCUT2D eigenvalue weighted by Crippen LogP contribution is 2.27. The zero-order valence-electron chi connectivity index (χ0n) is 10.9. The summed E-state index contributed by atoms with van der Waals surface area (Å²) in [6.45, 7) is 5.13. The number of hydrogen-bond donors (Lipinski definition) is 1. The number of halogens is 1. The minimum Gasteiger partial charge on any atom is -0.375 e. The van der Waals surface area contributed by atoms with Crippen molar-refractivity contribution in [3.05, 3.63) is 28.8 Å². The largest absolute Gasteiger partial charge is 0.375 e. The van der Waals surface area contributed by atoms with Crippen molar-refractivity contribution in [2.45, 2.75) is 32.7 Å². The summed E-state index contributed by atoms with van der Waals surface area (Å²) in [5, 5.41) is 3.78. The highest BCUT2D eigenvalue weighted by molar-refractivity contribution is 6.33. The Morgan fingerprint density at radius 3 is 2.83 bits per heavy atom. The summed E-state index contributed by atoms with van der Waals surface area (Å²) in [6.07, 6.45) is 2.29. The first-order valence-corrected chi connectivity index (χ1v) is 6.79. The molecule has 1 aromatic rings. The number of hydrogen-bond acceptors (Lipinski definition) is 2. The molecule has 2 rings (SSSR count). The van der Waals surface area contributed by atoms with Crippen LogP contribution >= 0.6 is 11.6 Å². The quantitative estimate of drug-likeness (QED) is 0.888. The third-order valence-corrected chi connectivity index (χ3v) is 3.53. The van der Waals surface area contributed by atoms with E-state index in [0.29, 0.717) is 17.6 Å². The molecule has 0 heterocycles. The molecule has 0 aromatic heterocycles. The van der Waals surface area contributed by atoms with Gasteiger partial charge >= 0.3 is 0 Å². The first-order valence-electron chi connectivity index (χ1n) is 6.41. The van der Waals surface area contributed by atoms with Crippen LogP contribution in [0.3, 0.4) is 0 Å². The molecule has 0 unspecified atom stereocenters. The van der Waals surface area contributed by atoms with Crippen LogP contribution in [-0.2, 0) is 4.79 Å². The summed E-state index contributed by atoms with van der Waals surface area (Å²) in [7, 11) is 0. The Morgan fingerprint density at radius 1 is 1.50 bits per heavy atom. The Bertz CT molecular complexity index is 443. The van der Waals surface area contributed by atoms with E-state index in [4.69, 9.17) is 11.6 Å². The van der Waals surface area contributed by atoms with Gasteiger partial charge in [0.05, 0.1) is 17.3 Å². The summed E-state index contributed by atoms with van der Waals surface area (Å²) in [5.74, 6) is 0.151. The zero-order valence-corrected chi connectivity index (χ0v) is 11.6. The Morgan fingerprint density at radius 2 is 2.22 bits per heavy atom. The van der Waals surface area contributed by atoms with Gasteiger partial charge in [0.2, 0.25) is 5.91 Å². The SMILES string of the molecule is CCN(C(=O)CNc1cc(C)ccc1Cl)C1CC1. The van der Waals surface area contributed by atoms with E-state index < -0.39 is 0 Å². The normalized spacial score (nSPS) is 14.4. The standard InChI is InChI=1S/C14H19ClN2O/c1-3-17(11-5-6-11)14(18)9-16-13-8-10(2)4-7-12(13)15/h4,7-8,11,16H,3,5-6,9H2,1-2H3. The minimum atomic E-state index is 0.151. The second-order valence-corrected chi connectivity index (χ2v) is 5.15. The first kappa shape index (κ1) is 13.2. The smallest absolute Gasteiger partial charge is 0.242 e. The van der Waals surface area contributed by atoms with Crippen molar-refractivity contribution in [1.29, 1.82) is 0 Å². The fraction of sp³-hybridized carbons (Fsp3) is 0.500. The number of likely N-dealkylation sites (N-methyl/N-ethyl adjacent to an activating group) is 1. The summed E-state index contributed by atoms with van der Waals surface area (Å²) < 4.78 is 0. The number of rotatable bonds is 5. The van der Waals surface area contributed by atoms with Crippen LogP contribution in [0.1, 0.15) is 25.3 Å². The number of benzene rings is 1. The number of nitrogens with one attached hydrogen (secondary N) is 1. The van der Waals surface area contributed by atoms with Gasteiger partial charge in [-0.1, -0.05) is 17.7 Å². The summed E-state index contributed by atoms with van der Waals surface area (Å²) >= 11 is 6.08. The second-order valence-electron chi connectivity index (χ2n) is 4.75. The van der Waals surface area contributed by atoms with Gasteiger partial charge in [0.1, 0.15) is 0 Å². The molecule has 0 aliphatic heterocycles. The molecule has 0 spiro atoms. The molecule has 1 amide bonds. The molecule has 3 nitrogen and oxygen atoms in total. The van der Waals surface area contributed by atoms with E-state index in [9.17, 15) is 4.79 Å². The average molecular weight is 267 g/mol. The number of carbonyl (C=O) groups excluding carboxylic acids is 1. The maximum Gasteiger partial charge on any atom is 0.242 e. The summed E-state index contributed by atoms with van der Waals surface area (Å²) in [4.78, 5) is 14.0. The van der Waals surface area contributed by atoms with Crippen LogP contribution in [0.5, 0.6) is 0 Å². The third-order valence-electron chi connectivity index (χ3n) is 3.20. The van der Waals surface area contributed by atoms with Crippen molar-refractivity contribution in [2.24, 2.45) is 0 Å². The molecule has 1 aliphatic carbocycles. The third kappa shape index (κ3) is 3.16. The number of anilines is 1. The molecule has 0 radical (unpaired) electrons. The molecule has 1 aromatic carbocycles. The maximum atomic E-state index is 12.0. The van der Waals surface area contributed by atoms with Gasteiger partial charge in [-0.3, -0.25) is 4.79 Å². The number of nitrogens with zero attached hydrogens (tertiary/aromatic N) is 1. The highest BCUT2D eigenvalue weighted by Gasteiger charge is 2.30. The topological polar surface area (TPSA) is 32.3 Å². The van der Waals surface area contributed by atoms with E-state index in [0.717, 1.165) is 30.6 Å². The Kier molecular flexibility index (Phi) is 4.12. The lowest BCUT2D eigenvalue weighted by Crippen LogP contribution is -2.37. The van der Waals surface area contributed by atoms with Crippen LogP contribution in [0, 0.1) is 6.92 Å². The van der Waals surface area contributed by atoms with Crippen molar-refractivity contribution in [2.75, 3.05) is 18.4 Å². The molecular formula is C14H19ClN2O. The predicted octanol–water partition coefficient (Wildman–Crippen LogP) is 3.07. The number of carbonyl (C=O) groups is 1. The van der Waals surface area contributed by atoms with E-state index >= 15 is 0 Å². The maximum absolute atomic E-state index is 12.0. The van der Waals surface area contributed by atoms with Gasteiger partial charge in [-0.25, -0.2) is 0 Å². The van der Waals surface area contributed by atoms with Crippen LogP contribution in [0.2, 0.25) is 5.02 Å². The lowest BCUT2D eigenvalue weighted by Gasteiger charge is -2.21. The molecule has 1 N–H and O–H groups in total. The second kappa shape index (κ2) is 5.61. The van der Waals surface area contributed by atoms with E-state index in [1.54, 1.807) is 0 Å². The van der Waals surface area contributed by atoms with Gasteiger partial charge in [0, 0.05) is 12.6 Å². The van der Waals surface area contributed by atoms with Gasteiger partial charge in [-0.15, -0.1) is 0 Å². The Hall–Kier alpha value is -1.22. The van der Waals surface area contributed by atoms with E-state index in [2.05, 4.69) is 5.32 Å². The van der Waals surface area contributed by atoms with Crippen LogP contribution in [0.4, 0.5) is 5.69 Å². The van der Waals surface area contributed by atoms with Crippen molar-refractivity contribution in [1.82, 2.24) is 4.90 Å². The molecule has 0 bridgehead atoms.